The first kappa shape index (κ1) is 16.0. The van der Waals surface area contributed by atoms with Crippen LogP contribution in [0, 0.1) is 35.0 Å². The first-order valence-electron chi connectivity index (χ1n) is 7.57. The molecule has 0 spiro atoms. The number of rotatable bonds is 2. The minimum absolute atomic E-state index is 0.0735. The minimum atomic E-state index is -1.34. The molecule has 0 radical (unpaired) electrons. The fourth-order valence-electron chi connectivity index (χ4n) is 3.22. The van der Waals surface area contributed by atoms with Crippen molar-refractivity contribution in [3.05, 3.63) is 58.4 Å². The molecule has 2 aromatic carbocycles. The fraction of sp³-hybridized carbons (Fsp3) is 0.333. The third kappa shape index (κ3) is 2.62. The zero-order chi connectivity index (χ0) is 16.7. The van der Waals surface area contributed by atoms with Crippen LogP contribution in [0.2, 0.25) is 0 Å². The third-order valence-corrected chi connectivity index (χ3v) is 4.61. The molecule has 0 heterocycles. The maximum absolute atomic E-state index is 14.7. The lowest BCUT2D eigenvalue weighted by atomic mass is 9.80. The molecule has 1 aliphatic carbocycles. The molecule has 23 heavy (non-hydrogen) atoms. The van der Waals surface area contributed by atoms with Crippen LogP contribution in [0.25, 0.3) is 11.1 Å². The van der Waals surface area contributed by atoms with Crippen molar-refractivity contribution in [2.45, 2.75) is 32.6 Å². The molecule has 0 fully saturated rings. The van der Waals surface area contributed by atoms with Gasteiger partial charge in [-0.05, 0) is 54.0 Å². The normalized spacial score (nSPS) is 17.2. The molecular formula is C18H15F5. The second kappa shape index (κ2) is 5.95. The van der Waals surface area contributed by atoms with E-state index >= 15 is 0 Å². The molecule has 5 heteroatoms. The van der Waals surface area contributed by atoms with E-state index < -0.39 is 34.6 Å². The van der Waals surface area contributed by atoms with Gasteiger partial charge in [0.25, 0.3) is 0 Å². The van der Waals surface area contributed by atoms with Crippen LogP contribution >= 0.6 is 0 Å². The van der Waals surface area contributed by atoms with Crippen LogP contribution in [0.4, 0.5) is 22.0 Å². The Morgan fingerprint density at radius 1 is 0.913 bits per heavy atom. The van der Waals surface area contributed by atoms with Crippen LogP contribution in [0.5, 0.6) is 0 Å². The molecule has 122 valence electrons. The van der Waals surface area contributed by atoms with E-state index in [1.807, 2.05) is 6.92 Å². The maximum atomic E-state index is 14.7. The predicted octanol–water partition coefficient (Wildman–Crippen LogP) is 5.56. The molecule has 2 aromatic rings. The summed E-state index contributed by atoms with van der Waals surface area (Å²) in [5.74, 6) is -5.46. The Morgan fingerprint density at radius 3 is 2.30 bits per heavy atom. The summed E-state index contributed by atoms with van der Waals surface area (Å²) < 4.78 is 69.8. The minimum Gasteiger partial charge on any atom is -0.206 e. The van der Waals surface area contributed by atoms with Gasteiger partial charge in [-0.15, -0.1) is 0 Å². The molecule has 0 bridgehead atoms. The Morgan fingerprint density at radius 2 is 1.65 bits per heavy atom. The summed E-state index contributed by atoms with van der Waals surface area (Å²) in [5, 5.41) is 0. The van der Waals surface area contributed by atoms with Gasteiger partial charge >= 0.3 is 0 Å². The van der Waals surface area contributed by atoms with Gasteiger partial charge in [-0.3, -0.25) is 0 Å². The van der Waals surface area contributed by atoms with E-state index in [0.29, 0.717) is 25.3 Å². The zero-order valence-corrected chi connectivity index (χ0v) is 12.5. The lowest BCUT2D eigenvalue weighted by Gasteiger charge is -2.26. The highest BCUT2D eigenvalue weighted by atomic mass is 19.2. The topological polar surface area (TPSA) is 0 Å². The Hall–Kier alpha value is -1.91. The van der Waals surface area contributed by atoms with Crippen molar-refractivity contribution in [2.24, 2.45) is 5.92 Å². The lowest BCUT2D eigenvalue weighted by molar-refractivity contribution is 0.405. The van der Waals surface area contributed by atoms with Gasteiger partial charge in [-0.1, -0.05) is 19.4 Å². The van der Waals surface area contributed by atoms with Crippen molar-refractivity contribution < 1.29 is 22.0 Å². The lowest BCUT2D eigenvalue weighted by Crippen LogP contribution is -2.18. The predicted molar refractivity (Wildman–Crippen MR) is 77.5 cm³/mol. The quantitative estimate of drug-likeness (QED) is 0.500. The Balaban J connectivity index is 2.20. The first-order chi connectivity index (χ1) is 10.9. The molecule has 1 atom stereocenters. The van der Waals surface area contributed by atoms with Crippen molar-refractivity contribution in [1.29, 1.82) is 0 Å². The molecule has 0 saturated heterocycles. The Bertz CT molecular complexity index is 767. The van der Waals surface area contributed by atoms with E-state index in [1.54, 1.807) is 0 Å². The third-order valence-electron chi connectivity index (χ3n) is 4.61. The number of hydrogen-bond acceptors (Lipinski definition) is 0. The van der Waals surface area contributed by atoms with Crippen molar-refractivity contribution in [3.63, 3.8) is 0 Å². The van der Waals surface area contributed by atoms with Gasteiger partial charge in [0.1, 0.15) is 5.82 Å². The summed E-state index contributed by atoms with van der Waals surface area (Å²) in [6, 6.07) is 2.50. The monoisotopic (exact) mass is 326 g/mol. The first-order valence-corrected chi connectivity index (χ1v) is 7.57. The molecule has 0 saturated carbocycles. The summed E-state index contributed by atoms with van der Waals surface area (Å²) in [5.41, 5.74) is -0.619. The summed E-state index contributed by atoms with van der Waals surface area (Å²) in [7, 11) is 0. The van der Waals surface area contributed by atoms with Crippen molar-refractivity contribution in [3.8, 4) is 11.1 Å². The average Bonchev–Trinajstić information content (AvgIpc) is 2.55. The fourth-order valence-corrected chi connectivity index (χ4v) is 3.22. The van der Waals surface area contributed by atoms with E-state index in [0.717, 1.165) is 18.6 Å². The van der Waals surface area contributed by atoms with Gasteiger partial charge in [0.2, 0.25) is 0 Å². The van der Waals surface area contributed by atoms with Crippen LogP contribution in [-0.4, -0.2) is 0 Å². The van der Waals surface area contributed by atoms with Crippen molar-refractivity contribution >= 4 is 0 Å². The zero-order valence-electron chi connectivity index (χ0n) is 12.5. The molecule has 0 amide bonds. The molecule has 0 aliphatic heterocycles. The Kier molecular flexibility index (Phi) is 4.13. The van der Waals surface area contributed by atoms with Gasteiger partial charge in [-0.25, -0.2) is 22.0 Å². The van der Waals surface area contributed by atoms with Crippen LogP contribution in [0.15, 0.2) is 18.2 Å². The van der Waals surface area contributed by atoms with Gasteiger partial charge < -0.3 is 0 Å². The second-order valence-corrected chi connectivity index (χ2v) is 5.92. The number of halogens is 5. The van der Waals surface area contributed by atoms with Crippen LogP contribution in [-0.2, 0) is 12.8 Å². The molecule has 0 N–H and O–H groups in total. The van der Waals surface area contributed by atoms with E-state index in [9.17, 15) is 22.0 Å². The molecule has 1 aliphatic rings. The maximum Gasteiger partial charge on any atom is 0.169 e. The van der Waals surface area contributed by atoms with Crippen LogP contribution in [0.3, 0.4) is 0 Å². The number of benzene rings is 2. The van der Waals surface area contributed by atoms with E-state index in [-0.39, 0.29) is 22.6 Å². The molecule has 0 nitrogen and oxygen atoms in total. The highest BCUT2D eigenvalue weighted by Gasteiger charge is 2.30. The van der Waals surface area contributed by atoms with Gasteiger partial charge in [-0.2, -0.15) is 0 Å². The largest absolute Gasteiger partial charge is 0.206 e. The molecule has 1 unspecified atom stereocenters. The van der Waals surface area contributed by atoms with Crippen LogP contribution < -0.4 is 0 Å². The van der Waals surface area contributed by atoms with Gasteiger partial charge in [0, 0.05) is 0 Å². The highest BCUT2D eigenvalue weighted by Crippen LogP contribution is 2.38. The summed E-state index contributed by atoms with van der Waals surface area (Å²) in [6.07, 6.45) is 2.12. The average molecular weight is 326 g/mol. The summed E-state index contributed by atoms with van der Waals surface area (Å²) in [4.78, 5) is 0. The molecular weight excluding hydrogens is 311 g/mol. The van der Waals surface area contributed by atoms with E-state index in [4.69, 9.17) is 0 Å². The number of fused-ring (bicyclic) bond motifs is 1. The number of hydrogen-bond donors (Lipinski definition) is 0. The van der Waals surface area contributed by atoms with E-state index in [2.05, 4.69) is 0 Å². The van der Waals surface area contributed by atoms with Gasteiger partial charge in [0.05, 0.1) is 5.56 Å². The standard InChI is InChI=1S/C18H15F5/c1-2-9-3-5-11-12(7-9)17(22)18(23)15(16(11)21)10-4-6-13(19)14(20)8-10/h4,6,8-9H,2-3,5,7H2,1H3. The SMILES string of the molecule is CCC1CCc2c(F)c(-c3ccc(F)c(F)c3)c(F)c(F)c2C1. The van der Waals surface area contributed by atoms with E-state index in [1.165, 1.54) is 0 Å². The molecule has 0 aromatic heterocycles. The Labute approximate surface area is 130 Å². The van der Waals surface area contributed by atoms with Crippen molar-refractivity contribution in [2.75, 3.05) is 0 Å². The van der Waals surface area contributed by atoms with Crippen molar-refractivity contribution in [1.82, 2.24) is 0 Å². The summed E-state index contributed by atoms with van der Waals surface area (Å²) in [6.45, 7) is 1.95. The van der Waals surface area contributed by atoms with Gasteiger partial charge in [0.15, 0.2) is 23.3 Å². The highest BCUT2D eigenvalue weighted by molar-refractivity contribution is 5.67. The summed E-state index contributed by atoms with van der Waals surface area (Å²) >= 11 is 0. The van der Waals surface area contributed by atoms with Crippen LogP contribution in [0.1, 0.15) is 30.9 Å². The second-order valence-electron chi connectivity index (χ2n) is 5.92. The smallest absolute Gasteiger partial charge is 0.169 e. The molecule has 3 rings (SSSR count).